The van der Waals surface area contributed by atoms with Crippen LogP contribution in [0.5, 0.6) is 0 Å². The van der Waals surface area contributed by atoms with Crippen LogP contribution in [0.3, 0.4) is 0 Å². The van der Waals surface area contributed by atoms with Gasteiger partial charge in [-0.05, 0) is 25.3 Å². The molecule has 3 aromatic rings. The maximum Gasteiger partial charge on any atom is 0.152 e. The topological polar surface area (TPSA) is 77.0 Å². The van der Waals surface area contributed by atoms with Crippen LogP contribution in [0.25, 0.3) is 21.9 Å². The lowest BCUT2D eigenvalue weighted by Crippen LogP contribution is -2.36. The number of para-hydroxylation sites is 1. The van der Waals surface area contributed by atoms with Crippen molar-refractivity contribution in [1.29, 1.82) is 0 Å². The number of imidazole rings is 1. The van der Waals surface area contributed by atoms with Gasteiger partial charge in [0.25, 0.3) is 0 Å². The van der Waals surface area contributed by atoms with E-state index in [9.17, 15) is 5.11 Å². The average Bonchev–Trinajstić information content (AvgIpc) is 3.17. The second-order valence-corrected chi connectivity index (χ2v) is 6.60. The van der Waals surface area contributed by atoms with Crippen molar-refractivity contribution in [2.75, 3.05) is 5.73 Å². The third-order valence-electron chi connectivity index (χ3n) is 5.25. The van der Waals surface area contributed by atoms with Gasteiger partial charge in [-0.3, -0.25) is 0 Å². The molecule has 2 heterocycles. The number of aliphatic hydroxyl groups is 1. The molecule has 1 fully saturated rings. The Kier molecular flexibility index (Phi) is 3.27. The molecule has 1 saturated carbocycles. The lowest BCUT2D eigenvalue weighted by Gasteiger charge is -2.33. The number of nitrogen functional groups attached to an aromatic ring is 1. The zero-order valence-electron chi connectivity index (χ0n) is 13.4. The summed E-state index contributed by atoms with van der Waals surface area (Å²) in [6.45, 7) is 2.12. The first-order valence-corrected chi connectivity index (χ1v) is 8.37. The van der Waals surface area contributed by atoms with Crippen molar-refractivity contribution in [3.63, 3.8) is 0 Å². The predicted octanol–water partition coefficient (Wildman–Crippen LogP) is 3.42. The molecule has 0 bridgehead atoms. The first-order chi connectivity index (χ1) is 11.1. The van der Waals surface area contributed by atoms with Gasteiger partial charge in [-0.1, -0.05) is 38.0 Å². The summed E-state index contributed by atoms with van der Waals surface area (Å²) in [6, 6.07) is 7.99. The highest BCUT2D eigenvalue weighted by molar-refractivity contribution is 6.06. The van der Waals surface area contributed by atoms with Gasteiger partial charge in [0.15, 0.2) is 5.82 Å². The van der Waals surface area contributed by atoms with Gasteiger partial charge < -0.3 is 15.4 Å². The number of nitrogens with two attached hydrogens (primary N) is 1. The molecule has 2 aromatic heterocycles. The SMILES string of the molecule is CCC(n1cnc2c(N)nc3ccccc3c21)C1(O)CCCC1. The van der Waals surface area contributed by atoms with Crippen LogP contribution in [-0.2, 0) is 0 Å². The molecule has 5 nitrogen and oxygen atoms in total. The van der Waals surface area contributed by atoms with E-state index >= 15 is 0 Å². The number of hydrogen-bond donors (Lipinski definition) is 2. The number of anilines is 1. The highest BCUT2D eigenvalue weighted by Crippen LogP contribution is 2.42. The van der Waals surface area contributed by atoms with Crippen molar-refractivity contribution >= 4 is 27.8 Å². The molecule has 1 aromatic carbocycles. The number of benzene rings is 1. The van der Waals surface area contributed by atoms with Crippen LogP contribution in [0.15, 0.2) is 30.6 Å². The summed E-state index contributed by atoms with van der Waals surface area (Å²) < 4.78 is 2.13. The molecule has 0 radical (unpaired) electrons. The van der Waals surface area contributed by atoms with Gasteiger partial charge in [-0.2, -0.15) is 0 Å². The molecule has 5 heteroatoms. The van der Waals surface area contributed by atoms with E-state index in [1.54, 1.807) is 0 Å². The minimum Gasteiger partial charge on any atom is -0.388 e. The van der Waals surface area contributed by atoms with Crippen molar-refractivity contribution in [2.45, 2.75) is 50.7 Å². The smallest absolute Gasteiger partial charge is 0.152 e. The fraction of sp³-hybridized carbons (Fsp3) is 0.444. The summed E-state index contributed by atoms with van der Waals surface area (Å²) in [5, 5.41) is 12.2. The largest absolute Gasteiger partial charge is 0.388 e. The van der Waals surface area contributed by atoms with E-state index in [-0.39, 0.29) is 6.04 Å². The van der Waals surface area contributed by atoms with E-state index < -0.39 is 5.60 Å². The number of nitrogens with zero attached hydrogens (tertiary/aromatic N) is 3. The third-order valence-corrected chi connectivity index (χ3v) is 5.25. The normalized spacial score (nSPS) is 18.7. The molecule has 0 spiro atoms. The number of aromatic nitrogens is 3. The van der Waals surface area contributed by atoms with E-state index in [4.69, 9.17) is 5.73 Å². The second kappa shape index (κ2) is 5.20. The lowest BCUT2D eigenvalue weighted by atomic mass is 9.90. The van der Waals surface area contributed by atoms with Crippen molar-refractivity contribution < 1.29 is 5.11 Å². The highest BCUT2D eigenvalue weighted by atomic mass is 16.3. The van der Waals surface area contributed by atoms with Crippen molar-refractivity contribution in [2.24, 2.45) is 0 Å². The van der Waals surface area contributed by atoms with E-state index in [0.717, 1.165) is 54.0 Å². The molecule has 1 unspecified atom stereocenters. The molecule has 0 saturated heterocycles. The zero-order chi connectivity index (χ0) is 16.0. The van der Waals surface area contributed by atoms with Crippen LogP contribution in [0.2, 0.25) is 0 Å². The van der Waals surface area contributed by atoms with Gasteiger partial charge in [0.05, 0.1) is 29.0 Å². The Morgan fingerprint density at radius 3 is 2.78 bits per heavy atom. The Bertz CT molecular complexity index is 864. The van der Waals surface area contributed by atoms with E-state index in [1.807, 2.05) is 30.6 Å². The van der Waals surface area contributed by atoms with Crippen LogP contribution in [0.1, 0.15) is 45.1 Å². The van der Waals surface area contributed by atoms with Crippen LogP contribution in [0, 0.1) is 0 Å². The Labute approximate surface area is 135 Å². The van der Waals surface area contributed by atoms with Gasteiger partial charge in [-0.15, -0.1) is 0 Å². The Morgan fingerprint density at radius 1 is 1.30 bits per heavy atom. The average molecular weight is 310 g/mol. The maximum atomic E-state index is 11.1. The standard InChI is InChI=1S/C18H22N4O/c1-2-14(18(23)9-5-6-10-18)22-11-20-15-16(22)12-7-3-4-8-13(12)21-17(15)19/h3-4,7-8,11,14,23H,2,5-6,9-10H2,1H3,(H2,19,21). The molecule has 1 aliphatic carbocycles. The van der Waals surface area contributed by atoms with Gasteiger partial charge >= 0.3 is 0 Å². The molecule has 1 aliphatic rings. The number of fused-ring (bicyclic) bond motifs is 3. The van der Waals surface area contributed by atoms with Gasteiger partial charge in [0.2, 0.25) is 0 Å². The van der Waals surface area contributed by atoms with Crippen LogP contribution >= 0.6 is 0 Å². The minimum atomic E-state index is -0.651. The second-order valence-electron chi connectivity index (χ2n) is 6.60. The van der Waals surface area contributed by atoms with Gasteiger partial charge in [0.1, 0.15) is 5.52 Å². The molecular weight excluding hydrogens is 288 g/mol. The summed E-state index contributed by atoms with van der Waals surface area (Å²) in [5.41, 5.74) is 8.04. The lowest BCUT2D eigenvalue weighted by molar-refractivity contribution is -0.00632. The van der Waals surface area contributed by atoms with Crippen molar-refractivity contribution in [3.05, 3.63) is 30.6 Å². The van der Waals surface area contributed by atoms with E-state index in [0.29, 0.717) is 5.82 Å². The summed E-state index contributed by atoms with van der Waals surface area (Å²) in [5.74, 6) is 0.450. The molecule has 3 N–H and O–H groups in total. The Balaban J connectivity index is 2.00. The number of hydrogen-bond acceptors (Lipinski definition) is 4. The van der Waals surface area contributed by atoms with Crippen molar-refractivity contribution in [1.82, 2.24) is 14.5 Å². The monoisotopic (exact) mass is 310 g/mol. The first kappa shape index (κ1) is 14.5. The Hall–Kier alpha value is -2.14. The molecule has 0 aliphatic heterocycles. The number of rotatable bonds is 3. The Morgan fingerprint density at radius 2 is 2.04 bits per heavy atom. The maximum absolute atomic E-state index is 11.1. The highest BCUT2D eigenvalue weighted by Gasteiger charge is 2.40. The summed E-state index contributed by atoms with van der Waals surface area (Å²) in [6.07, 6.45) is 6.56. The van der Waals surface area contributed by atoms with Crippen LogP contribution in [-0.4, -0.2) is 25.2 Å². The zero-order valence-corrected chi connectivity index (χ0v) is 13.4. The molecule has 120 valence electrons. The molecule has 4 rings (SSSR count). The summed E-state index contributed by atoms with van der Waals surface area (Å²) in [7, 11) is 0. The van der Waals surface area contributed by atoms with Crippen LogP contribution in [0.4, 0.5) is 5.82 Å². The molecule has 23 heavy (non-hydrogen) atoms. The molecule has 0 amide bonds. The van der Waals surface area contributed by atoms with E-state index in [2.05, 4.69) is 21.5 Å². The molecule has 1 atom stereocenters. The fourth-order valence-corrected chi connectivity index (χ4v) is 4.16. The number of pyridine rings is 1. The summed E-state index contributed by atoms with van der Waals surface area (Å²) in [4.78, 5) is 8.96. The van der Waals surface area contributed by atoms with Gasteiger partial charge in [-0.25, -0.2) is 9.97 Å². The van der Waals surface area contributed by atoms with E-state index in [1.165, 1.54) is 0 Å². The minimum absolute atomic E-state index is 0.0141. The quantitative estimate of drug-likeness (QED) is 0.777. The summed E-state index contributed by atoms with van der Waals surface area (Å²) >= 11 is 0. The fourth-order valence-electron chi connectivity index (χ4n) is 4.16. The molecular formula is C18H22N4O. The van der Waals surface area contributed by atoms with Gasteiger partial charge in [0, 0.05) is 5.39 Å². The van der Waals surface area contributed by atoms with Crippen LogP contribution < -0.4 is 5.73 Å². The predicted molar refractivity (Wildman–Crippen MR) is 92.2 cm³/mol. The first-order valence-electron chi connectivity index (χ1n) is 8.37. The third kappa shape index (κ3) is 2.10. The van der Waals surface area contributed by atoms with Crippen molar-refractivity contribution in [3.8, 4) is 0 Å².